The third-order valence-electron chi connectivity index (χ3n) is 3.34. The van der Waals surface area contributed by atoms with Crippen molar-refractivity contribution < 1.29 is 13.2 Å². The average Bonchev–Trinajstić information content (AvgIpc) is 2.41. The lowest BCUT2D eigenvalue weighted by Gasteiger charge is -2.14. The third-order valence-corrected chi connectivity index (χ3v) is 4.59. The third kappa shape index (κ3) is 4.01. The fraction of sp³-hybridized carbons (Fsp3) is 0.250. The van der Waals surface area contributed by atoms with Gasteiger partial charge in [0.05, 0.1) is 10.9 Å². The molecular formula is C16H13BrClF3. The largest absolute Gasteiger partial charge is 0.416 e. The summed E-state index contributed by atoms with van der Waals surface area (Å²) in [5.74, 6) is 0. The Bertz CT molecular complexity index is 620. The van der Waals surface area contributed by atoms with Crippen LogP contribution in [0.3, 0.4) is 0 Å². The molecule has 1 atom stereocenters. The van der Waals surface area contributed by atoms with Crippen molar-refractivity contribution in [1.82, 2.24) is 0 Å². The van der Waals surface area contributed by atoms with E-state index in [2.05, 4.69) is 15.9 Å². The number of rotatable bonds is 3. The van der Waals surface area contributed by atoms with Gasteiger partial charge in [0.25, 0.3) is 0 Å². The first-order valence-electron chi connectivity index (χ1n) is 6.34. The smallest absolute Gasteiger partial charge is 0.166 e. The van der Waals surface area contributed by atoms with Crippen LogP contribution in [0.4, 0.5) is 13.2 Å². The van der Waals surface area contributed by atoms with E-state index in [1.807, 2.05) is 25.1 Å². The molecule has 2 rings (SSSR count). The van der Waals surface area contributed by atoms with Crippen LogP contribution in [0.15, 0.2) is 46.9 Å². The molecule has 112 valence electrons. The molecule has 0 aliphatic carbocycles. The molecule has 0 spiro atoms. The maximum atomic E-state index is 12.5. The van der Waals surface area contributed by atoms with Crippen LogP contribution in [-0.4, -0.2) is 0 Å². The zero-order valence-electron chi connectivity index (χ0n) is 11.2. The minimum absolute atomic E-state index is 0.278. The van der Waals surface area contributed by atoms with Crippen molar-refractivity contribution in [3.8, 4) is 0 Å². The lowest BCUT2D eigenvalue weighted by atomic mass is 9.99. The molecule has 1 unspecified atom stereocenters. The van der Waals surface area contributed by atoms with Crippen LogP contribution in [0, 0.1) is 6.92 Å². The normalized spacial score (nSPS) is 13.2. The van der Waals surface area contributed by atoms with E-state index in [4.69, 9.17) is 11.6 Å². The summed E-state index contributed by atoms with van der Waals surface area (Å²) in [6.07, 6.45) is -3.82. The Kier molecular flexibility index (Phi) is 4.99. The SMILES string of the molecule is Cc1c(Br)cccc1C(Cl)Cc1ccc(C(F)(F)F)cc1. The molecule has 0 aromatic heterocycles. The van der Waals surface area contributed by atoms with Crippen molar-refractivity contribution in [3.05, 3.63) is 69.2 Å². The van der Waals surface area contributed by atoms with Crippen molar-refractivity contribution in [1.29, 1.82) is 0 Å². The zero-order valence-corrected chi connectivity index (χ0v) is 13.6. The van der Waals surface area contributed by atoms with Crippen molar-refractivity contribution in [2.45, 2.75) is 24.9 Å². The summed E-state index contributed by atoms with van der Waals surface area (Å²) in [5, 5.41) is -0.278. The fourth-order valence-corrected chi connectivity index (χ4v) is 2.91. The summed E-state index contributed by atoms with van der Waals surface area (Å²) in [5.41, 5.74) is 2.16. The van der Waals surface area contributed by atoms with Gasteiger partial charge in [0, 0.05) is 4.47 Å². The summed E-state index contributed by atoms with van der Waals surface area (Å²) in [6.45, 7) is 1.96. The Labute approximate surface area is 135 Å². The fourth-order valence-electron chi connectivity index (χ4n) is 2.11. The quantitative estimate of drug-likeness (QED) is 0.551. The van der Waals surface area contributed by atoms with Gasteiger partial charge in [-0.1, -0.05) is 40.2 Å². The highest BCUT2D eigenvalue weighted by Crippen LogP contribution is 2.33. The first-order chi connectivity index (χ1) is 9.79. The van der Waals surface area contributed by atoms with Crippen LogP contribution < -0.4 is 0 Å². The molecular weight excluding hydrogens is 365 g/mol. The molecule has 21 heavy (non-hydrogen) atoms. The van der Waals surface area contributed by atoms with E-state index in [1.165, 1.54) is 12.1 Å². The predicted molar refractivity (Wildman–Crippen MR) is 82.6 cm³/mol. The molecule has 0 aliphatic heterocycles. The summed E-state index contributed by atoms with van der Waals surface area (Å²) in [4.78, 5) is 0. The van der Waals surface area contributed by atoms with Gasteiger partial charge in [0.2, 0.25) is 0 Å². The van der Waals surface area contributed by atoms with Crippen LogP contribution in [0.2, 0.25) is 0 Å². The van der Waals surface area contributed by atoms with Gasteiger partial charge < -0.3 is 0 Å². The number of benzene rings is 2. The van der Waals surface area contributed by atoms with Gasteiger partial charge in [-0.25, -0.2) is 0 Å². The van der Waals surface area contributed by atoms with Crippen LogP contribution in [0.1, 0.15) is 27.6 Å². The second-order valence-electron chi connectivity index (χ2n) is 4.82. The van der Waals surface area contributed by atoms with E-state index in [-0.39, 0.29) is 5.38 Å². The summed E-state index contributed by atoms with van der Waals surface area (Å²) in [7, 11) is 0. The number of alkyl halides is 4. The van der Waals surface area contributed by atoms with Gasteiger partial charge in [-0.15, -0.1) is 11.6 Å². The molecule has 0 saturated heterocycles. The van der Waals surface area contributed by atoms with Crippen LogP contribution in [-0.2, 0) is 12.6 Å². The average molecular weight is 378 g/mol. The minimum atomic E-state index is -4.31. The lowest BCUT2D eigenvalue weighted by molar-refractivity contribution is -0.137. The Morgan fingerprint density at radius 3 is 2.29 bits per heavy atom. The zero-order chi connectivity index (χ0) is 15.6. The molecule has 5 heteroatoms. The topological polar surface area (TPSA) is 0 Å². The second kappa shape index (κ2) is 6.41. The van der Waals surface area contributed by atoms with Crippen LogP contribution in [0.5, 0.6) is 0 Å². The first kappa shape index (κ1) is 16.4. The summed E-state index contributed by atoms with van der Waals surface area (Å²) >= 11 is 9.85. The molecule has 0 bridgehead atoms. The molecule has 0 fully saturated rings. The first-order valence-corrected chi connectivity index (χ1v) is 7.57. The van der Waals surface area contributed by atoms with Gasteiger partial charge in [-0.3, -0.25) is 0 Å². The predicted octanol–water partition coefficient (Wildman–Crippen LogP) is 6.30. The minimum Gasteiger partial charge on any atom is -0.166 e. The molecule has 0 aliphatic rings. The molecule has 0 radical (unpaired) electrons. The molecule has 0 nitrogen and oxygen atoms in total. The molecule has 0 saturated carbocycles. The molecule has 0 N–H and O–H groups in total. The Morgan fingerprint density at radius 2 is 1.71 bits per heavy atom. The van der Waals surface area contributed by atoms with Gasteiger partial charge in [0.15, 0.2) is 0 Å². The Balaban J connectivity index is 2.16. The van der Waals surface area contributed by atoms with Gasteiger partial charge in [-0.05, 0) is 48.2 Å². The van der Waals surface area contributed by atoms with E-state index in [0.717, 1.165) is 33.3 Å². The Hall–Kier alpha value is -1.00. The summed E-state index contributed by atoms with van der Waals surface area (Å²) < 4.78 is 38.5. The van der Waals surface area contributed by atoms with E-state index in [1.54, 1.807) is 0 Å². The number of hydrogen-bond acceptors (Lipinski definition) is 0. The van der Waals surface area contributed by atoms with E-state index in [9.17, 15) is 13.2 Å². The van der Waals surface area contributed by atoms with Gasteiger partial charge in [-0.2, -0.15) is 13.2 Å². The second-order valence-corrected chi connectivity index (χ2v) is 6.20. The monoisotopic (exact) mass is 376 g/mol. The van der Waals surface area contributed by atoms with Gasteiger partial charge in [0.1, 0.15) is 0 Å². The number of halogens is 5. The van der Waals surface area contributed by atoms with E-state index >= 15 is 0 Å². The lowest BCUT2D eigenvalue weighted by Crippen LogP contribution is -2.05. The Morgan fingerprint density at radius 1 is 1.10 bits per heavy atom. The maximum absolute atomic E-state index is 12.5. The van der Waals surface area contributed by atoms with E-state index in [0.29, 0.717) is 6.42 Å². The highest BCUT2D eigenvalue weighted by atomic mass is 79.9. The van der Waals surface area contributed by atoms with Crippen molar-refractivity contribution in [3.63, 3.8) is 0 Å². The standard InChI is InChI=1S/C16H13BrClF3/c1-10-13(3-2-4-14(10)17)15(18)9-11-5-7-12(8-6-11)16(19,20)21/h2-8,15H,9H2,1H3. The maximum Gasteiger partial charge on any atom is 0.416 e. The highest BCUT2D eigenvalue weighted by Gasteiger charge is 2.30. The molecule has 2 aromatic rings. The summed E-state index contributed by atoms with van der Waals surface area (Å²) in [6, 6.07) is 10.9. The molecule has 2 aromatic carbocycles. The van der Waals surface area contributed by atoms with Crippen molar-refractivity contribution >= 4 is 27.5 Å². The highest BCUT2D eigenvalue weighted by molar-refractivity contribution is 9.10. The van der Waals surface area contributed by atoms with Crippen molar-refractivity contribution in [2.75, 3.05) is 0 Å². The number of hydrogen-bond donors (Lipinski definition) is 0. The van der Waals surface area contributed by atoms with Gasteiger partial charge >= 0.3 is 6.18 Å². The van der Waals surface area contributed by atoms with Crippen LogP contribution >= 0.6 is 27.5 Å². The van der Waals surface area contributed by atoms with E-state index < -0.39 is 11.7 Å². The molecule has 0 amide bonds. The molecule has 0 heterocycles. The van der Waals surface area contributed by atoms with Crippen LogP contribution in [0.25, 0.3) is 0 Å². The van der Waals surface area contributed by atoms with Crippen molar-refractivity contribution in [2.24, 2.45) is 0 Å².